The van der Waals surface area contributed by atoms with Crippen LogP contribution >= 0.6 is 0 Å². The summed E-state index contributed by atoms with van der Waals surface area (Å²) in [5.41, 5.74) is 1.76. The van der Waals surface area contributed by atoms with Crippen LogP contribution in [0.2, 0.25) is 0 Å². The number of hydrogen-bond acceptors (Lipinski definition) is 3. The predicted molar refractivity (Wildman–Crippen MR) is 69.1 cm³/mol. The van der Waals surface area contributed by atoms with Crippen molar-refractivity contribution in [3.8, 4) is 0 Å². The van der Waals surface area contributed by atoms with Gasteiger partial charge in [-0.15, -0.1) is 0 Å². The molecule has 0 spiro atoms. The molecule has 1 heterocycles. The second-order valence-corrected chi connectivity index (χ2v) is 4.29. The standard InChI is InChI=1S/C13H15N3O2/c1-9(17)15(2)8-11-13(18)16(3)12-7-5-4-6-10(12)14-11/h4-7H,8H2,1-3H3. The van der Waals surface area contributed by atoms with Crippen LogP contribution < -0.4 is 5.56 Å². The molecule has 0 bridgehead atoms. The first-order valence-corrected chi connectivity index (χ1v) is 5.67. The van der Waals surface area contributed by atoms with Crippen molar-refractivity contribution in [2.45, 2.75) is 13.5 Å². The maximum atomic E-state index is 12.1. The zero-order valence-electron chi connectivity index (χ0n) is 10.7. The molecule has 94 valence electrons. The second-order valence-electron chi connectivity index (χ2n) is 4.29. The van der Waals surface area contributed by atoms with Gasteiger partial charge in [0.05, 0.1) is 17.6 Å². The van der Waals surface area contributed by atoms with Crippen molar-refractivity contribution in [1.29, 1.82) is 0 Å². The third-order valence-electron chi connectivity index (χ3n) is 2.97. The van der Waals surface area contributed by atoms with E-state index in [1.165, 1.54) is 11.8 Å². The Morgan fingerprint density at radius 2 is 2.06 bits per heavy atom. The number of hydrogen-bond donors (Lipinski definition) is 0. The highest BCUT2D eigenvalue weighted by Crippen LogP contribution is 2.09. The molecule has 5 heteroatoms. The van der Waals surface area contributed by atoms with Gasteiger partial charge in [0, 0.05) is 21.0 Å². The molecule has 1 aromatic heterocycles. The molecule has 0 fully saturated rings. The number of nitrogens with zero attached hydrogens (tertiary/aromatic N) is 3. The number of aryl methyl sites for hydroxylation is 1. The molecule has 0 aliphatic carbocycles. The number of para-hydroxylation sites is 2. The summed E-state index contributed by atoms with van der Waals surface area (Å²) in [4.78, 5) is 29.1. The van der Waals surface area contributed by atoms with E-state index >= 15 is 0 Å². The fourth-order valence-electron chi connectivity index (χ4n) is 1.78. The Kier molecular flexibility index (Phi) is 3.14. The number of amides is 1. The van der Waals surface area contributed by atoms with Gasteiger partial charge < -0.3 is 9.47 Å². The highest BCUT2D eigenvalue weighted by molar-refractivity contribution is 5.75. The second kappa shape index (κ2) is 4.60. The molecule has 0 saturated carbocycles. The van der Waals surface area contributed by atoms with E-state index in [1.54, 1.807) is 18.7 Å². The van der Waals surface area contributed by atoms with Crippen molar-refractivity contribution >= 4 is 16.9 Å². The number of aromatic nitrogens is 2. The summed E-state index contributed by atoms with van der Waals surface area (Å²) >= 11 is 0. The van der Waals surface area contributed by atoms with E-state index in [0.717, 1.165) is 11.0 Å². The molecule has 0 aliphatic heterocycles. The van der Waals surface area contributed by atoms with Crippen LogP contribution in [0.25, 0.3) is 11.0 Å². The molecule has 1 amide bonds. The van der Waals surface area contributed by atoms with E-state index in [2.05, 4.69) is 4.98 Å². The number of benzene rings is 1. The van der Waals surface area contributed by atoms with E-state index < -0.39 is 0 Å². The topological polar surface area (TPSA) is 55.2 Å². The molecular weight excluding hydrogens is 230 g/mol. The maximum Gasteiger partial charge on any atom is 0.274 e. The summed E-state index contributed by atoms with van der Waals surface area (Å²) in [5, 5.41) is 0. The van der Waals surface area contributed by atoms with Gasteiger partial charge in [-0.05, 0) is 12.1 Å². The average molecular weight is 245 g/mol. The normalized spacial score (nSPS) is 10.6. The van der Waals surface area contributed by atoms with Crippen LogP contribution in [-0.4, -0.2) is 27.4 Å². The number of carbonyl (C=O) groups excluding carboxylic acids is 1. The molecular formula is C13H15N3O2. The van der Waals surface area contributed by atoms with Gasteiger partial charge >= 0.3 is 0 Å². The third kappa shape index (κ3) is 2.11. The predicted octanol–water partition coefficient (Wildman–Crippen LogP) is 0.912. The van der Waals surface area contributed by atoms with Crippen molar-refractivity contribution in [2.75, 3.05) is 7.05 Å². The van der Waals surface area contributed by atoms with Gasteiger partial charge in [0.25, 0.3) is 5.56 Å². The lowest BCUT2D eigenvalue weighted by Crippen LogP contribution is -2.30. The quantitative estimate of drug-likeness (QED) is 0.790. The Morgan fingerprint density at radius 3 is 2.72 bits per heavy atom. The van der Waals surface area contributed by atoms with Crippen molar-refractivity contribution in [1.82, 2.24) is 14.5 Å². The number of rotatable bonds is 2. The summed E-state index contributed by atoms with van der Waals surface area (Å²) in [6, 6.07) is 7.44. The van der Waals surface area contributed by atoms with Crippen LogP contribution in [0.1, 0.15) is 12.6 Å². The SMILES string of the molecule is CC(=O)N(C)Cc1nc2ccccc2n(C)c1=O. The van der Waals surface area contributed by atoms with Crippen LogP contribution in [0.5, 0.6) is 0 Å². The van der Waals surface area contributed by atoms with Crippen LogP contribution in [0.4, 0.5) is 0 Å². The molecule has 0 N–H and O–H groups in total. The molecule has 0 radical (unpaired) electrons. The highest BCUT2D eigenvalue weighted by Gasteiger charge is 2.11. The van der Waals surface area contributed by atoms with Crippen molar-refractivity contribution in [3.05, 3.63) is 40.3 Å². The lowest BCUT2D eigenvalue weighted by Gasteiger charge is -2.15. The first-order chi connectivity index (χ1) is 8.50. The van der Waals surface area contributed by atoms with E-state index in [-0.39, 0.29) is 18.0 Å². The Bertz CT molecular complexity index is 661. The van der Waals surface area contributed by atoms with Crippen molar-refractivity contribution < 1.29 is 4.79 Å². The Hall–Kier alpha value is -2.17. The number of carbonyl (C=O) groups is 1. The Balaban J connectivity index is 2.56. The Labute approximate surface area is 105 Å². The summed E-state index contributed by atoms with van der Waals surface area (Å²) in [5.74, 6) is -0.0907. The third-order valence-corrected chi connectivity index (χ3v) is 2.97. The van der Waals surface area contributed by atoms with Gasteiger partial charge in [-0.25, -0.2) is 4.98 Å². The molecule has 0 unspecified atom stereocenters. The lowest BCUT2D eigenvalue weighted by molar-refractivity contribution is -0.128. The summed E-state index contributed by atoms with van der Waals surface area (Å²) in [6.45, 7) is 1.69. The van der Waals surface area contributed by atoms with Crippen LogP contribution in [-0.2, 0) is 18.4 Å². The van der Waals surface area contributed by atoms with E-state index in [4.69, 9.17) is 0 Å². The monoisotopic (exact) mass is 245 g/mol. The summed E-state index contributed by atoms with van der Waals surface area (Å²) in [6.07, 6.45) is 0. The van der Waals surface area contributed by atoms with Crippen molar-refractivity contribution in [2.24, 2.45) is 7.05 Å². The van der Waals surface area contributed by atoms with Gasteiger partial charge in [-0.2, -0.15) is 0 Å². The minimum absolute atomic E-state index is 0.0907. The zero-order valence-corrected chi connectivity index (χ0v) is 10.7. The summed E-state index contributed by atoms with van der Waals surface area (Å²) in [7, 11) is 3.36. The molecule has 2 rings (SSSR count). The number of fused-ring (bicyclic) bond motifs is 1. The minimum atomic E-state index is -0.165. The maximum absolute atomic E-state index is 12.1. The summed E-state index contributed by atoms with van der Waals surface area (Å²) < 4.78 is 1.56. The zero-order chi connectivity index (χ0) is 13.3. The molecule has 0 atom stereocenters. The molecule has 5 nitrogen and oxygen atoms in total. The van der Waals surface area contributed by atoms with Crippen molar-refractivity contribution in [3.63, 3.8) is 0 Å². The van der Waals surface area contributed by atoms with E-state index in [1.807, 2.05) is 24.3 Å². The Morgan fingerprint density at radius 1 is 1.39 bits per heavy atom. The van der Waals surface area contributed by atoms with E-state index in [0.29, 0.717) is 5.69 Å². The van der Waals surface area contributed by atoms with Crippen LogP contribution in [0, 0.1) is 0 Å². The molecule has 2 aromatic rings. The van der Waals surface area contributed by atoms with Gasteiger partial charge in [-0.3, -0.25) is 9.59 Å². The van der Waals surface area contributed by atoms with Crippen LogP contribution in [0.15, 0.2) is 29.1 Å². The smallest absolute Gasteiger partial charge is 0.274 e. The first-order valence-electron chi connectivity index (χ1n) is 5.67. The first kappa shape index (κ1) is 12.3. The lowest BCUT2D eigenvalue weighted by atomic mass is 10.2. The highest BCUT2D eigenvalue weighted by atomic mass is 16.2. The molecule has 18 heavy (non-hydrogen) atoms. The van der Waals surface area contributed by atoms with Gasteiger partial charge in [0.1, 0.15) is 5.69 Å². The van der Waals surface area contributed by atoms with Crippen LogP contribution in [0.3, 0.4) is 0 Å². The fourth-order valence-corrected chi connectivity index (χ4v) is 1.78. The minimum Gasteiger partial charge on any atom is -0.340 e. The molecule has 1 aromatic carbocycles. The van der Waals surface area contributed by atoms with E-state index in [9.17, 15) is 9.59 Å². The van der Waals surface area contributed by atoms with Gasteiger partial charge in [0.2, 0.25) is 5.91 Å². The largest absolute Gasteiger partial charge is 0.340 e. The van der Waals surface area contributed by atoms with Gasteiger partial charge in [-0.1, -0.05) is 12.1 Å². The fraction of sp³-hybridized carbons (Fsp3) is 0.308. The molecule has 0 aliphatic rings. The average Bonchev–Trinajstić information content (AvgIpc) is 2.35. The van der Waals surface area contributed by atoms with Gasteiger partial charge in [0.15, 0.2) is 0 Å². The molecule has 0 saturated heterocycles.